The Labute approximate surface area is 125 Å². The summed E-state index contributed by atoms with van der Waals surface area (Å²) in [6, 6.07) is 3.41. The van der Waals surface area contributed by atoms with Gasteiger partial charge < -0.3 is 5.73 Å². The third-order valence-corrected chi connectivity index (χ3v) is 4.81. The lowest BCUT2D eigenvalue weighted by molar-refractivity contribution is -0.137. The summed E-state index contributed by atoms with van der Waals surface area (Å²) in [6.07, 6.45) is 2.33. The van der Waals surface area contributed by atoms with E-state index in [4.69, 9.17) is 5.73 Å². The molecule has 0 radical (unpaired) electrons. The molecule has 1 fully saturated rings. The van der Waals surface area contributed by atoms with Crippen molar-refractivity contribution in [2.45, 2.75) is 50.7 Å². The highest BCUT2D eigenvalue weighted by atomic mass is 79.9. The van der Waals surface area contributed by atoms with Gasteiger partial charge in [-0.25, -0.2) is 0 Å². The second kappa shape index (κ2) is 6.48. The van der Waals surface area contributed by atoms with Crippen LogP contribution in [-0.2, 0) is 6.18 Å². The molecule has 1 aliphatic rings. The van der Waals surface area contributed by atoms with E-state index < -0.39 is 11.7 Å². The molecule has 5 heteroatoms. The van der Waals surface area contributed by atoms with Gasteiger partial charge in [0.05, 0.1) is 5.56 Å². The molecular weight excluding hydrogens is 331 g/mol. The third kappa shape index (κ3) is 3.76. The molecule has 0 spiro atoms. The van der Waals surface area contributed by atoms with Gasteiger partial charge in [-0.1, -0.05) is 41.6 Å². The first-order chi connectivity index (χ1) is 9.39. The Morgan fingerprint density at radius 2 is 1.70 bits per heavy atom. The molecule has 2 N–H and O–H groups in total. The second-order valence-corrected chi connectivity index (χ2v) is 6.37. The molecule has 0 aromatic heterocycles. The Balaban J connectivity index is 2.25. The summed E-state index contributed by atoms with van der Waals surface area (Å²) in [6.45, 7) is 0. The average molecular weight is 350 g/mol. The van der Waals surface area contributed by atoms with E-state index in [2.05, 4.69) is 15.9 Å². The fraction of sp³-hybridized carbons (Fsp3) is 0.600. The standard InChI is InChI=1S/C15H19BrF3N/c16-13-8-7-11(15(17,18)19)9-12(13)14(20)10-5-3-1-2-4-6-10/h7-10,14H,1-6,20H2. The molecule has 1 unspecified atom stereocenters. The molecule has 1 aliphatic carbocycles. The van der Waals surface area contributed by atoms with Crippen molar-refractivity contribution in [1.29, 1.82) is 0 Å². The van der Waals surface area contributed by atoms with Crippen LogP contribution in [0.3, 0.4) is 0 Å². The number of hydrogen-bond acceptors (Lipinski definition) is 1. The van der Waals surface area contributed by atoms with Crippen molar-refractivity contribution >= 4 is 15.9 Å². The van der Waals surface area contributed by atoms with E-state index in [9.17, 15) is 13.2 Å². The van der Waals surface area contributed by atoms with Crippen molar-refractivity contribution < 1.29 is 13.2 Å². The smallest absolute Gasteiger partial charge is 0.324 e. The Bertz CT molecular complexity index is 451. The highest BCUT2D eigenvalue weighted by molar-refractivity contribution is 9.10. The van der Waals surface area contributed by atoms with Crippen LogP contribution in [0.15, 0.2) is 22.7 Å². The molecule has 1 aromatic carbocycles. The van der Waals surface area contributed by atoms with Gasteiger partial charge in [-0.15, -0.1) is 0 Å². The molecule has 0 aliphatic heterocycles. The van der Waals surface area contributed by atoms with Crippen molar-refractivity contribution in [2.75, 3.05) is 0 Å². The van der Waals surface area contributed by atoms with Crippen LogP contribution in [0.2, 0.25) is 0 Å². The van der Waals surface area contributed by atoms with Gasteiger partial charge in [-0.05, 0) is 42.5 Å². The summed E-state index contributed by atoms with van der Waals surface area (Å²) in [5.41, 5.74) is 6.21. The van der Waals surface area contributed by atoms with Gasteiger partial charge in [0.15, 0.2) is 0 Å². The van der Waals surface area contributed by atoms with Crippen molar-refractivity contribution in [2.24, 2.45) is 11.7 Å². The summed E-state index contributed by atoms with van der Waals surface area (Å²) in [5, 5.41) is 0. The Morgan fingerprint density at radius 1 is 1.10 bits per heavy atom. The fourth-order valence-electron chi connectivity index (χ4n) is 2.90. The van der Waals surface area contributed by atoms with Crippen molar-refractivity contribution in [3.05, 3.63) is 33.8 Å². The lowest BCUT2D eigenvalue weighted by Gasteiger charge is -2.24. The number of alkyl halides is 3. The number of benzene rings is 1. The quantitative estimate of drug-likeness (QED) is 0.707. The van der Waals surface area contributed by atoms with Gasteiger partial charge in [0.25, 0.3) is 0 Å². The van der Waals surface area contributed by atoms with E-state index in [0.717, 1.165) is 31.7 Å². The first-order valence-electron chi connectivity index (χ1n) is 7.02. The summed E-state index contributed by atoms with van der Waals surface area (Å²) in [5.74, 6) is 0.275. The number of rotatable bonds is 2. The minimum absolute atomic E-state index is 0.275. The highest BCUT2D eigenvalue weighted by Gasteiger charge is 2.32. The molecule has 1 atom stereocenters. The first kappa shape index (κ1) is 15.8. The van der Waals surface area contributed by atoms with Crippen molar-refractivity contribution in [1.82, 2.24) is 0 Å². The normalized spacial score (nSPS) is 19.6. The van der Waals surface area contributed by atoms with Crippen molar-refractivity contribution in [3.8, 4) is 0 Å². The van der Waals surface area contributed by atoms with Gasteiger partial charge >= 0.3 is 6.18 Å². The Hall–Kier alpha value is -0.550. The van der Waals surface area contributed by atoms with E-state index in [0.29, 0.717) is 10.0 Å². The fourth-order valence-corrected chi connectivity index (χ4v) is 3.41. The molecular formula is C15H19BrF3N. The molecule has 0 bridgehead atoms. The number of nitrogens with two attached hydrogens (primary N) is 1. The maximum atomic E-state index is 12.8. The van der Waals surface area contributed by atoms with Crippen LogP contribution < -0.4 is 5.73 Å². The second-order valence-electron chi connectivity index (χ2n) is 5.51. The zero-order valence-corrected chi connectivity index (χ0v) is 12.8. The zero-order chi connectivity index (χ0) is 14.8. The van der Waals surface area contributed by atoms with Crippen LogP contribution in [0.5, 0.6) is 0 Å². The van der Waals surface area contributed by atoms with Gasteiger partial charge in [0.1, 0.15) is 0 Å². The predicted octanol–water partition coefficient (Wildman–Crippen LogP) is 5.44. The van der Waals surface area contributed by atoms with Crippen LogP contribution in [0, 0.1) is 5.92 Å². The van der Waals surface area contributed by atoms with Crippen molar-refractivity contribution in [3.63, 3.8) is 0 Å². The van der Waals surface area contributed by atoms with E-state index in [1.807, 2.05) is 0 Å². The number of hydrogen-bond donors (Lipinski definition) is 1. The molecule has 1 saturated carbocycles. The van der Waals surface area contributed by atoms with E-state index in [-0.39, 0.29) is 12.0 Å². The summed E-state index contributed by atoms with van der Waals surface area (Å²) in [7, 11) is 0. The topological polar surface area (TPSA) is 26.0 Å². The maximum absolute atomic E-state index is 12.8. The van der Waals surface area contributed by atoms with Gasteiger partial charge in [-0.3, -0.25) is 0 Å². The number of halogens is 4. The molecule has 0 saturated heterocycles. The van der Waals surface area contributed by atoms with Crippen LogP contribution in [0.25, 0.3) is 0 Å². The average Bonchev–Trinajstić information content (AvgIpc) is 2.66. The first-order valence-corrected chi connectivity index (χ1v) is 7.81. The molecule has 112 valence electrons. The molecule has 2 rings (SSSR count). The molecule has 0 heterocycles. The molecule has 0 amide bonds. The molecule has 1 nitrogen and oxygen atoms in total. The van der Waals surface area contributed by atoms with Crippen LogP contribution in [0.4, 0.5) is 13.2 Å². The maximum Gasteiger partial charge on any atom is 0.416 e. The summed E-state index contributed by atoms with van der Waals surface area (Å²) < 4.78 is 39.1. The van der Waals surface area contributed by atoms with E-state index in [1.54, 1.807) is 0 Å². The zero-order valence-electron chi connectivity index (χ0n) is 11.2. The Kier molecular flexibility index (Phi) is 5.13. The predicted molar refractivity (Wildman–Crippen MR) is 77.3 cm³/mol. The largest absolute Gasteiger partial charge is 0.416 e. The highest BCUT2D eigenvalue weighted by Crippen LogP contribution is 2.38. The van der Waals surface area contributed by atoms with Crippen LogP contribution >= 0.6 is 15.9 Å². The van der Waals surface area contributed by atoms with Gasteiger partial charge in [0.2, 0.25) is 0 Å². The lowest BCUT2D eigenvalue weighted by Crippen LogP contribution is -2.22. The van der Waals surface area contributed by atoms with E-state index in [1.165, 1.54) is 25.0 Å². The molecule has 20 heavy (non-hydrogen) atoms. The third-order valence-electron chi connectivity index (χ3n) is 4.09. The minimum Gasteiger partial charge on any atom is -0.324 e. The summed E-state index contributed by atoms with van der Waals surface area (Å²) in [4.78, 5) is 0. The molecule has 1 aromatic rings. The van der Waals surface area contributed by atoms with Gasteiger partial charge in [-0.2, -0.15) is 13.2 Å². The Morgan fingerprint density at radius 3 is 2.25 bits per heavy atom. The monoisotopic (exact) mass is 349 g/mol. The summed E-state index contributed by atoms with van der Waals surface area (Å²) >= 11 is 3.34. The minimum atomic E-state index is -4.32. The van der Waals surface area contributed by atoms with E-state index >= 15 is 0 Å². The van der Waals surface area contributed by atoms with Crippen LogP contribution in [-0.4, -0.2) is 0 Å². The SMILES string of the molecule is NC(c1cc(C(F)(F)F)ccc1Br)C1CCCCCC1. The van der Waals surface area contributed by atoms with Crippen LogP contribution in [0.1, 0.15) is 55.7 Å². The van der Waals surface area contributed by atoms with Gasteiger partial charge in [0, 0.05) is 10.5 Å². The lowest BCUT2D eigenvalue weighted by atomic mass is 9.87.